The number of hydrogen-bond acceptors (Lipinski definition) is 9. The van der Waals surface area contributed by atoms with Crippen LogP contribution in [0, 0.1) is 0 Å². The van der Waals surface area contributed by atoms with Crippen molar-refractivity contribution in [3.63, 3.8) is 0 Å². The molecule has 4 fully saturated rings. The highest BCUT2D eigenvalue weighted by atomic mass is 19.4. The number of carbonyl (C=O) groups is 1. The summed E-state index contributed by atoms with van der Waals surface area (Å²) in [6.45, 7) is 0.199. The molecule has 0 spiro atoms. The number of rotatable bonds is 8. The van der Waals surface area contributed by atoms with E-state index in [0.29, 0.717) is 17.0 Å². The Hall–Kier alpha value is -3.84. The molecule has 4 aliphatic rings. The van der Waals surface area contributed by atoms with Crippen molar-refractivity contribution >= 4 is 11.9 Å². The largest absolute Gasteiger partial charge is 0.573 e. The zero-order valence-electron chi connectivity index (χ0n) is 21.9. The molecule has 3 aromatic rings. The predicted molar refractivity (Wildman–Crippen MR) is 137 cm³/mol. The molecule has 1 amide bonds. The minimum Gasteiger partial charge on any atom is -0.405 e. The molecule has 216 valence electrons. The number of halogens is 3. The molecule has 5 heterocycles. The molecule has 1 saturated carbocycles. The van der Waals surface area contributed by atoms with Gasteiger partial charge in [0.25, 0.3) is 0 Å². The second-order valence-corrected chi connectivity index (χ2v) is 10.9. The number of piperidine rings is 1. The minimum absolute atomic E-state index is 0.0189. The van der Waals surface area contributed by atoms with Gasteiger partial charge in [0.15, 0.2) is 0 Å². The van der Waals surface area contributed by atoms with Gasteiger partial charge in [-0.1, -0.05) is 23.4 Å². The number of benzene rings is 1. The molecule has 3 aliphatic heterocycles. The molecule has 3 saturated heterocycles. The molecular formula is C28H28F3N5O5. The number of para-hydroxylation sites is 1. The van der Waals surface area contributed by atoms with E-state index in [1.165, 1.54) is 12.1 Å². The minimum atomic E-state index is -4.82. The maximum absolute atomic E-state index is 13.1. The molecule has 2 unspecified atom stereocenters. The highest BCUT2D eigenvalue weighted by Crippen LogP contribution is 2.46. The standard InChI is InChI=1S/C28H28F3N5O5/c29-28(30,31)39-22-4-2-1-3-20(22)24-21(25(40-34-24)15-5-6-15)14-38-19-11-17-8-9-18(12-19)36(17)23-10-7-16(13-32-23)26-33-27(37)41-35-26/h1-4,7,10,13,15,17-19,26,35H,5-6,8-9,11-12,14H2,(H,33,37)/t17-,18+,19?,26?. The summed E-state index contributed by atoms with van der Waals surface area (Å²) in [6.07, 6.45) is 1.49. The summed E-state index contributed by atoms with van der Waals surface area (Å²) in [7, 11) is 0. The molecule has 7 rings (SSSR count). The average Bonchev–Trinajstić information content (AvgIpc) is 3.46. The van der Waals surface area contributed by atoms with Crippen molar-refractivity contribution in [1.29, 1.82) is 0 Å². The second-order valence-electron chi connectivity index (χ2n) is 10.9. The van der Waals surface area contributed by atoms with Crippen molar-refractivity contribution in [3.8, 4) is 17.0 Å². The lowest BCUT2D eigenvalue weighted by Gasteiger charge is -2.39. The molecule has 1 aliphatic carbocycles. The van der Waals surface area contributed by atoms with Crippen molar-refractivity contribution < 1.29 is 36.8 Å². The summed E-state index contributed by atoms with van der Waals surface area (Å²) in [6, 6.07) is 10.4. The third-order valence-corrected chi connectivity index (χ3v) is 8.19. The van der Waals surface area contributed by atoms with Crippen LogP contribution in [0.15, 0.2) is 47.1 Å². The van der Waals surface area contributed by atoms with E-state index in [-0.39, 0.29) is 42.0 Å². The average molecular weight is 572 g/mol. The Labute approximate surface area is 233 Å². The van der Waals surface area contributed by atoms with Gasteiger partial charge in [-0.25, -0.2) is 9.78 Å². The SMILES string of the molecule is O=C1NC(c2ccc(N3[C@@H]4CC[C@H]3CC(OCc3c(-c5ccccc5OC(F)(F)F)noc3C3CC3)C4)nc2)NO1. The lowest BCUT2D eigenvalue weighted by atomic mass is 9.99. The van der Waals surface area contributed by atoms with Gasteiger partial charge in [0.05, 0.1) is 12.7 Å². The van der Waals surface area contributed by atoms with Crippen molar-refractivity contribution in [3.05, 3.63) is 59.5 Å². The topological polar surface area (TPSA) is 111 Å². The van der Waals surface area contributed by atoms with Crippen molar-refractivity contribution in [1.82, 2.24) is 20.9 Å². The Morgan fingerprint density at radius 3 is 2.49 bits per heavy atom. The van der Waals surface area contributed by atoms with Gasteiger partial charge >= 0.3 is 12.5 Å². The van der Waals surface area contributed by atoms with Crippen LogP contribution >= 0.6 is 0 Å². The lowest BCUT2D eigenvalue weighted by Crippen LogP contribution is -2.46. The van der Waals surface area contributed by atoms with Gasteiger partial charge in [-0.05, 0) is 56.7 Å². The number of alkyl halides is 3. The van der Waals surface area contributed by atoms with E-state index in [9.17, 15) is 18.0 Å². The molecule has 13 heteroatoms. The molecule has 4 atom stereocenters. The molecule has 2 bridgehead atoms. The van der Waals surface area contributed by atoms with Crippen LogP contribution in [0.5, 0.6) is 5.75 Å². The Balaban J connectivity index is 1.05. The maximum Gasteiger partial charge on any atom is 0.573 e. The van der Waals surface area contributed by atoms with Crippen LogP contribution in [-0.4, -0.2) is 40.8 Å². The van der Waals surface area contributed by atoms with Crippen LogP contribution in [0.4, 0.5) is 23.8 Å². The summed E-state index contributed by atoms with van der Waals surface area (Å²) in [5.74, 6) is 1.45. The lowest BCUT2D eigenvalue weighted by molar-refractivity contribution is -0.274. The number of aromatic nitrogens is 2. The smallest absolute Gasteiger partial charge is 0.405 e. The fourth-order valence-corrected chi connectivity index (χ4v) is 6.22. The van der Waals surface area contributed by atoms with Gasteiger partial charge in [-0.3, -0.25) is 5.32 Å². The van der Waals surface area contributed by atoms with E-state index < -0.39 is 18.6 Å². The molecule has 2 N–H and O–H groups in total. The zero-order chi connectivity index (χ0) is 28.1. The molecule has 2 aromatic heterocycles. The van der Waals surface area contributed by atoms with Gasteiger partial charge < -0.3 is 23.7 Å². The first-order valence-electron chi connectivity index (χ1n) is 13.7. The normalized spacial score (nSPS) is 25.7. The Morgan fingerprint density at radius 2 is 1.83 bits per heavy atom. The molecular weight excluding hydrogens is 543 g/mol. The summed E-state index contributed by atoms with van der Waals surface area (Å²) in [4.78, 5) is 23.1. The van der Waals surface area contributed by atoms with Crippen LogP contribution in [0.25, 0.3) is 11.3 Å². The van der Waals surface area contributed by atoms with E-state index in [1.54, 1.807) is 18.3 Å². The van der Waals surface area contributed by atoms with E-state index in [4.69, 9.17) is 14.1 Å². The van der Waals surface area contributed by atoms with Gasteiger partial charge in [0.2, 0.25) is 0 Å². The summed E-state index contributed by atoms with van der Waals surface area (Å²) in [5.41, 5.74) is 4.66. The van der Waals surface area contributed by atoms with E-state index >= 15 is 0 Å². The van der Waals surface area contributed by atoms with E-state index in [2.05, 4.69) is 30.6 Å². The van der Waals surface area contributed by atoms with Gasteiger partial charge in [-0.2, -0.15) is 0 Å². The number of amides is 1. The summed E-state index contributed by atoms with van der Waals surface area (Å²) >= 11 is 0. The first kappa shape index (κ1) is 26.1. The number of fused-ring (bicyclic) bond motifs is 2. The van der Waals surface area contributed by atoms with Crippen LogP contribution < -0.4 is 20.4 Å². The second kappa shape index (κ2) is 10.2. The Bertz CT molecular complexity index is 1410. The highest BCUT2D eigenvalue weighted by Gasteiger charge is 2.42. The molecule has 10 nitrogen and oxygen atoms in total. The van der Waals surface area contributed by atoms with Crippen LogP contribution in [-0.2, 0) is 16.2 Å². The van der Waals surface area contributed by atoms with Crippen LogP contribution in [0.1, 0.15) is 67.5 Å². The maximum atomic E-state index is 13.1. The van der Waals surface area contributed by atoms with Crippen molar-refractivity contribution in [2.75, 3.05) is 4.90 Å². The van der Waals surface area contributed by atoms with Gasteiger partial charge in [0.1, 0.15) is 29.2 Å². The van der Waals surface area contributed by atoms with Crippen LogP contribution in [0.3, 0.4) is 0 Å². The first-order valence-corrected chi connectivity index (χ1v) is 13.7. The predicted octanol–water partition coefficient (Wildman–Crippen LogP) is 5.47. The molecule has 41 heavy (non-hydrogen) atoms. The quantitative estimate of drug-likeness (QED) is 0.364. The summed E-state index contributed by atoms with van der Waals surface area (Å²) in [5, 5.41) is 6.84. The Morgan fingerprint density at radius 1 is 1.05 bits per heavy atom. The van der Waals surface area contributed by atoms with E-state index in [1.807, 2.05) is 12.1 Å². The number of nitrogens with one attached hydrogen (secondary N) is 2. The first-order chi connectivity index (χ1) is 19.8. The number of nitrogens with zero attached hydrogens (tertiary/aromatic N) is 3. The number of hydrogen-bond donors (Lipinski definition) is 2. The third kappa shape index (κ3) is 5.31. The summed E-state index contributed by atoms with van der Waals surface area (Å²) < 4.78 is 55.7. The van der Waals surface area contributed by atoms with E-state index in [0.717, 1.165) is 49.9 Å². The third-order valence-electron chi connectivity index (χ3n) is 8.19. The van der Waals surface area contributed by atoms with Crippen molar-refractivity contribution in [2.24, 2.45) is 0 Å². The number of pyridine rings is 1. The fraction of sp³-hybridized carbons (Fsp3) is 0.464. The highest BCUT2D eigenvalue weighted by molar-refractivity contribution is 5.70. The van der Waals surface area contributed by atoms with Gasteiger partial charge in [-0.15, -0.1) is 18.7 Å². The number of anilines is 1. The number of ether oxygens (including phenoxy) is 2. The monoisotopic (exact) mass is 571 g/mol. The number of carbonyl (C=O) groups excluding carboxylic acids is 1. The molecule has 0 radical (unpaired) electrons. The van der Waals surface area contributed by atoms with Crippen molar-refractivity contribution in [2.45, 2.75) is 81.8 Å². The zero-order valence-corrected chi connectivity index (χ0v) is 21.9. The Kier molecular flexibility index (Phi) is 6.50. The fourth-order valence-electron chi connectivity index (χ4n) is 6.22. The van der Waals surface area contributed by atoms with Crippen LogP contribution in [0.2, 0.25) is 0 Å². The molecule has 1 aromatic carbocycles. The van der Waals surface area contributed by atoms with Gasteiger partial charge in [0, 0.05) is 40.9 Å². The number of hydroxylamine groups is 1.